The third-order valence-electron chi connectivity index (χ3n) is 8.50. The Morgan fingerprint density at radius 1 is 0.981 bits per heavy atom. The topological polar surface area (TPSA) is 171 Å². The van der Waals surface area contributed by atoms with E-state index in [9.17, 15) is 24.0 Å². The molecule has 12 heteroatoms. The van der Waals surface area contributed by atoms with E-state index in [2.05, 4.69) is 16.9 Å². The normalized spacial score (nSPS) is 12.8. The molecule has 1 atom stereocenters. The highest BCUT2D eigenvalue weighted by Crippen LogP contribution is 2.32. The molecule has 1 aliphatic carbocycles. The van der Waals surface area contributed by atoms with Gasteiger partial charge in [0.05, 0.1) is 18.9 Å². The highest BCUT2D eigenvalue weighted by molar-refractivity contribution is 6.09. The molecule has 0 radical (unpaired) electrons. The van der Waals surface area contributed by atoms with Gasteiger partial charge in [0, 0.05) is 43.3 Å². The van der Waals surface area contributed by atoms with Crippen LogP contribution in [0.1, 0.15) is 101 Å². The van der Waals surface area contributed by atoms with Gasteiger partial charge in [-0.3, -0.25) is 19.2 Å². The quantitative estimate of drug-likeness (QED) is 0.0470. The summed E-state index contributed by atoms with van der Waals surface area (Å²) in [7, 11) is 0. The average Bonchev–Trinajstić information content (AvgIpc) is 3.97. The van der Waals surface area contributed by atoms with Crippen LogP contribution >= 0.6 is 0 Å². The number of hydrogen-bond donors (Lipinski definition) is 2. The molecule has 1 heterocycles. The first-order valence-corrected chi connectivity index (χ1v) is 17.7. The van der Waals surface area contributed by atoms with Gasteiger partial charge >= 0.3 is 17.9 Å². The Morgan fingerprint density at radius 3 is 2.34 bits per heavy atom. The Labute approximate surface area is 309 Å². The number of amides is 1. The lowest BCUT2D eigenvalue weighted by molar-refractivity contribution is -0.169. The molecule has 1 aliphatic rings. The standard InChI is InChI=1S/C41H47N3O9/c1-7-29-21-33(36(45)20-27-11-13-30(14-12-27)34(42)22-37(46)51-18-17-50-8-2)32(19-25(29)5)31-15-16-35(39(47)43-23-28-9-10-28)44-38(31)41(49)53-26(6)52-40(48)24(3)4/h7,11-16,19,21,24,26,28,42H,1,8-10,17-18,20,22-23H2,2-6H3,(H,43,47). The van der Waals surface area contributed by atoms with Crippen molar-refractivity contribution in [3.8, 4) is 11.1 Å². The van der Waals surface area contributed by atoms with Crippen LogP contribution < -0.4 is 5.32 Å². The van der Waals surface area contributed by atoms with E-state index in [1.54, 1.807) is 62.4 Å². The third-order valence-corrected chi connectivity index (χ3v) is 8.50. The molecule has 0 bridgehead atoms. The van der Waals surface area contributed by atoms with Crippen LogP contribution in [0.4, 0.5) is 0 Å². The van der Waals surface area contributed by atoms with Crippen molar-refractivity contribution in [1.82, 2.24) is 10.3 Å². The van der Waals surface area contributed by atoms with E-state index in [-0.39, 0.29) is 60.1 Å². The molecule has 12 nitrogen and oxygen atoms in total. The van der Waals surface area contributed by atoms with E-state index >= 15 is 0 Å². The minimum absolute atomic E-state index is 0.00934. The Balaban J connectivity index is 1.63. The number of aryl methyl sites for hydroxylation is 1. The van der Waals surface area contributed by atoms with Gasteiger partial charge in [-0.05, 0) is 78.6 Å². The van der Waals surface area contributed by atoms with Gasteiger partial charge in [-0.15, -0.1) is 0 Å². The van der Waals surface area contributed by atoms with Gasteiger partial charge < -0.3 is 29.7 Å². The maximum Gasteiger partial charge on any atom is 0.360 e. The molecule has 4 rings (SSSR count). The summed E-state index contributed by atoms with van der Waals surface area (Å²) in [4.78, 5) is 69.6. The second-order valence-electron chi connectivity index (χ2n) is 13.1. The number of ether oxygens (including phenoxy) is 4. The van der Waals surface area contributed by atoms with Crippen molar-refractivity contribution in [1.29, 1.82) is 5.41 Å². The summed E-state index contributed by atoms with van der Waals surface area (Å²) in [5, 5.41) is 11.2. The van der Waals surface area contributed by atoms with Crippen LogP contribution in [0, 0.1) is 24.2 Å². The molecule has 1 unspecified atom stereocenters. The monoisotopic (exact) mass is 725 g/mol. The Morgan fingerprint density at radius 2 is 1.70 bits per heavy atom. The molecular weight excluding hydrogens is 678 g/mol. The molecule has 1 amide bonds. The van der Waals surface area contributed by atoms with Crippen molar-refractivity contribution in [2.75, 3.05) is 26.4 Å². The first-order valence-electron chi connectivity index (χ1n) is 17.7. The summed E-state index contributed by atoms with van der Waals surface area (Å²) in [5.41, 5.74) is 3.39. The second-order valence-corrected chi connectivity index (χ2v) is 13.1. The van der Waals surface area contributed by atoms with E-state index < -0.39 is 36.0 Å². The summed E-state index contributed by atoms with van der Waals surface area (Å²) in [6.07, 6.45) is 2.21. The van der Waals surface area contributed by atoms with Crippen LogP contribution in [0.15, 0.2) is 55.1 Å². The lowest BCUT2D eigenvalue weighted by atomic mass is 9.89. The van der Waals surface area contributed by atoms with Gasteiger partial charge in [0.25, 0.3) is 5.91 Å². The molecule has 1 aromatic heterocycles. The number of pyridine rings is 1. The number of nitrogens with zero attached hydrogens (tertiary/aromatic N) is 1. The van der Waals surface area contributed by atoms with Gasteiger partial charge in [-0.1, -0.05) is 56.8 Å². The van der Waals surface area contributed by atoms with Crippen molar-refractivity contribution in [2.24, 2.45) is 11.8 Å². The molecule has 0 aliphatic heterocycles. The smallest absolute Gasteiger partial charge is 0.360 e. The van der Waals surface area contributed by atoms with E-state index in [0.717, 1.165) is 18.4 Å². The first-order chi connectivity index (χ1) is 25.3. The van der Waals surface area contributed by atoms with Crippen molar-refractivity contribution >= 4 is 41.4 Å². The number of Topliss-reactive ketones (excluding diaryl/α,β-unsaturated/α-hetero) is 1. The van der Waals surface area contributed by atoms with Crippen molar-refractivity contribution in [3.05, 3.63) is 94.3 Å². The van der Waals surface area contributed by atoms with Gasteiger partial charge in [0.15, 0.2) is 11.5 Å². The van der Waals surface area contributed by atoms with E-state index in [1.165, 1.54) is 13.0 Å². The number of nitrogens with one attached hydrogen (secondary N) is 2. The Kier molecular flexibility index (Phi) is 14.3. The highest BCUT2D eigenvalue weighted by atomic mass is 16.7. The fourth-order valence-corrected chi connectivity index (χ4v) is 5.30. The SMILES string of the molecule is C=Cc1cc(C(=O)Cc2ccc(C(=N)CC(=O)OCCOCC)cc2)c(-c2ccc(C(=O)NCC3CC3)nc2C(=O)OC(C)OC(=O)C(C)C)cc1C. The first kappa shape index (κ1) is 40.3. The number of benzene rings is 2. The summed E-state index contributed by atoms with van der Waals surface area (Å²) < 4.78 is 21.0. The molecule has 3 aromatic rings. The molecule has 53 heavy (non-hydrogen) atoms. The summed E-state index contributed by atoms with van der Waals surface area (Å²) in [5.74, 6) is -2.81. The molecule has 1 fully saturated rings. The van der Waals surface area contributed by atoms with Crippen LogP contribution in [0.25, 0.3) is 17.2 Å². The largest absolute Gasteiger partial charge is 0.463 e. The fourth-order valence-electron chi connectivity index (χ4n) is 5.30. The number of ketones is 1. The van der Waals surface area contributed by atoms with Gasteiger partial charge in [0.1, 0.15) is 12.3 Å². The van der Waals surface area contributed by atoms with E-state index in [0.29, 0.717) is 41.3 Å². The minimum Gasteiger partial charge on any atom is -0.463 e. The number of rotatable bonds is 19. The predicted octanol–water partition coefficient (Wildman–Crippen LogP) is 6.30. The summed E-state index contributed by atoms with van der Waals surface area (Å²) in [6, 6.07) is 13.3. The number of carbonyl (C=O) groups is 5. The van der Waals surface area contributed by atoms with Gasteiger partial charge in [-0.2, -0.15) is 0 Å². The molecule has 0 spiro atoms. The van der Waals surface area contributed by atoms with Crippen LogP contribution in [0.5, 0.6) is 0 Å². The summed E-state index contributed by atoms with van der Waals surface area (Å²) >= 11 is 0. The van der Waals surface area contributed by atoms with Crippen LogP contribution in [-0.4, -0.2) is 72.9 Å². The molecular formula is C41H47N3O9. The van der Waals surface area contributed by atoms with Crippen molar-refractivity contribution in [3.63, 3.8) is 0 Å². The average molecular weight is 726 g/mol. The lowest BCUT2D eigenvalue weighted by Crippen LogP contribution is -2.28. The number of aromatic nitrogens is 1. The zero-order valence-corrected chi connectivity index (χ0v) is 30.9. The van der Waals surface area contributed by atoms with Crippen molar-refractivity contribution < 1.29 is 42.9 Å². The maximum atomic E-state index is 14.1. The summed E-state index contributed by atoms with van der Waals surface area (Å²) in [6.45, 7) is 13.7. The second kappa shape index (κ2) is 18.8. The Hall–Kier alpha value is -5.49. The molecule has 0 saturated heterocycles. The third kappa shape index (κ3) is 11.5. The van der Waals surface area contributed by atoms with Crippen LogP contribution in [0.2, 0.25) is 0 Å². The van der Waals surface area contributed by atoms with E-state index in [4.69, 9.17) is 24.4 Å². The van der Waals surface area contributed by atoms with Crippen LogP contribution in [0.3, 0.4) is 0 Å². The zero-order valence-electron chi connectivity index (χ0n) is 30.9. The van der Waals surface area contributed by atoms with Crippen LogP contribution in [-0.2, 0) is 35.0 Å². The number of esters is 3. The van der Waals surface area contributed by atoms with Gasteiger partial charge in [0.2, 0.25) is 6.29 Å². The number of hydrogen-bond acceptors (Lipinski definition) is 11. The number of carbonyl (C=O) groups excluding carboxylic acids is 5. The molecule has 1 saturated carbocycles. The zero-order chi connectivity index (χ0) is 38.7. The van der Waals surface area contributed by atoms with Gasteiger partial charge in [-0.25, -0.2) is 9.78 Å². The highest BCUT2D eigenvalue weighted by Gasteiger charge is 2.27. The minimum atomic E-state index is -1.25. The predicted molar refractivity (Wildman–Crippen MR) is 199 cm³/mol. The lowest BCUT2D eigenvalue weighted by Gasteiger charge is -2.18. The molecule has 280 valence electrons. The van der Waals surface area contributed by atoms with E-state index in [1.807, 2.05) is 13.8 Å². The molecule has 2 N–H and O–H groups in total. The maximum absolute atomic E-state index is 14.1. The Bertz CT molecular complexity index is 1860. The fraction of sp³-hybridized carbons (Fsp3) is 0.390. The van der Waals surface area contributed by atoms with Crippen molar-refractivity contribution in [2.45, 2.75) is 66.6 Å². The molecule has 2 aromatic carbocycles.